The van der Waals surface area contributed by atoms with Gasteiger partial charge in [-0.05, 0) is 30.5 Å². The van der Waals surface area contributed by atoms with Crippen molar-refractivity contribution >= 4 is 16.7 Å². The number of phenolic OH excluding ortho intramolecular Hbond substituents is 1. The van der Waals surface area contributed by atoms with Gasteiger partial charge in [-0.15, -0.1) is 0 Å². The van der Waals surface area contributed by atoms with Crippen LogP contribution in [0.1, 0.15) is 12.8 Å². The molecule has 7 nitrogen and oxygen atoms in total. The standard InChI is InChI=1S/C18H21N5O2/c1-25-16-3-2-11(8-15(16)24)13-9-20-18(17-14(13)10-21-22-17)23-6-4-12(19)5-7-23/h2-3,8-10,12,24H,4-7,19H2,1H3,(H,21,22). The summed E-state index contributed by atoms with van der Waals surface area (Å²) < 4.78 is 5.11. The van der Waals surface area contributed by atoms with Crippen molar-refractivity contribution in [1.29, 1.82) is 0 Å². The first kappa shape index (κ1) is 15.7. The molecule has 1 aromatic carbocycles. The van der Waals surface area contributed by atoms with E-state index in [-0.39, 0.29) is 11.8 Å². The summed E-state index contributed by atoms with van der Waals surface area (Å²) in [5, 5.41) is 18.3. The number of nitrogens with zero attached hydrogens (tertiary/aromatic N) is 3. The van der Waals surface area contributed by atoms with Crippen LogP contribution in [-0.4, -0.2) is 46.5 Å². The van der Waals surface area contributed by atoms with Gasteiger partial charge >= 0.3 is 0 Å². The van der Waals surface area contributed by atoms with E-state index in [1.54, 1.807) is 18.3 Å². The number of anilines is 1. The Balaban J connectivity index is 1.76. The first-order valence-electron chi connectivity index (χ1n) is 8.37. The molecular formula is C18H21N5O2. The number of hydrogen-bond acceptors (Lipinski definition) is 6. The normalized spacial score (nSPS) is 15.7. The van der Waals surface area contributed by atoms with E-state index in [0.29, 0.717) is 5.75 Å². The average Bonchev–Trinajstić information content (AvgIpc) is 3.11. The molecule has 4 rings (SSSR count). The van der Waals surface area contributed by atoms with Crippen LogP contribution in [0.5, 0.6) is 11.5 Å². The second-order valence-corrected chi connectivity index (χ2v) is 6.37. The molecule has 0 atom stereocenters. The fraction of sp³-hybridized carbons (Fsp3) is 0.333. The number of nitrogens with one attached hydrogen (secondary N) is 1. The van der Waals surface area contributed by atoms with E-state index in [9.17, 15) is 5.11 Å². The summed E-state index contributed by atoms with van der Waals surface area (Å²) in [4.78, 5) is 6.93. The Morgan fingerprint density at radius 1 is 1.28 bits per heavy atom. The molecule has 1 aliphatic heterocycles. The summed E-state index contributed by atoms with van der Waals surface area (Å²) in [6.45, 7) is 1.79. The highest BCUT2D eigenvalue weighted by Crippen LogP contribution is 2.36. The van der Waals surface area contributed by atoms with Gasteiger partial charge in [-0.3, -0.25) is 5.10 Å². The Hall–Kier alpha value is -2.80. The van der Waals surface area contributed by atoms with Crippen LogP contribution in [0.3, 0.4) is 0 Å². The molecule has 0 radical (unpaired) electrons. The Bertz CT molecular complexity index is 900. The highest BCUT2D eigenvalue weighted by molar-refractivity contribution is 5.99. The van der Waals surface area contributed by atoms with Crippen molar-refractivity contribution in [2.75, 3.05) is 25.1 Å². The topological polar surface area (TPSA) is 100 Å². The molecule has 25 heavy (non-hydrogen) atoms. The monoisotopic (exact) mass is 339 g/mol. The van der Waals surface area contributed by atoms with Crippen LogP contribution in [0, 0.1) is 0 Å². The number of hydrogen-bond donors (Lipinski definition) is 3. The minimum atomic E-state index is 0.103. The lowest BCUT2D eigenvalue weighted by atomic mass is 10.0. The SMILES string of the molecule is COc1ccc(-c2cnc(N3CCC(N)CC3)c3[nH]ncc23)cc1O. The number of aromatic hydroxyl groups is 1. The molecule has 0 spiro atoms. The number of aromatic amines is 1. The van der Waals surface area contributed by atoms with E-state index in [1.807, 2.05) is 12.3 Å². The summed E-state index contributed by atoms with van der Waals surface area (Å²) >= 11 is 0. The lowest BCUT2D eigenvalue weighted by Gasteiger charge is -2.31. The Morgan fingerprint density at radius 2 is 2.08 bits per heavy atom. The van der Waals surface area contributed by atoms with E-state index >= 15 is 0 Å². The maximum atomic E-state index is 10.1. The molecule has 1 aliphatic rings. The van der Waals surface area contributed by atoms with Gasteiger partial charge in [0.05, 0.1) is 13.3 Å². The average molecular weight is 339 g/mol. The minimum Gasteiger partial charge on any atom is -0.504 e. The number of benzene rings is 1. The van der Waals surface area contributed by atoms with Gasteiger partial charge < -0.3 is 20.5 Å². The third-order valence-corrected chi connectivity index (χ3v) is 4.80. The molecule has 130 valence electrons. The van der Waals surface area contributed by atoms with Gasteiger partial charge in [-0.2, -0.15) is 5.10 Å². The molecule has 0 amide bonds. The second kappa shape index (κ2) is 6.25. The van der Waals surface area contributed by atoms with Crippen LogP contribution in [0.25, 0.3) is 22.0 Å². The number of fused-ring (bicyclic) bond motifs is 1. The largest absolute Gasteiger partial charge is 0.504 e. The predicted octanol–water partition coefficient (Wildman–Crippen LogP) is 2.27. The third kappa shape index (κ3) is 2.76. The van der Waals surface area contributed by atoms with Gasteiger partial charge in [0.2, 0.25) is 0 Å². The van der Waals surface area contributed by atoms with Crippen molar-refractivity contribution in [2.24, 2.45) is 5.73 Å². The van der Waals surface area contributed by atoms with Crippen molar-refractivity contribution in [2.45, 2.75) is 18.9 Å². The highest BCUT2D eigenvalue weighted by Gasteiger charge is 2.21. The fourth-order valence-corrected chi connectivity index (χ4v) is 3.36. The number of nitrogens with two attached hydrogens (primary N) is 1. The van der Waals surface area contributed by atoms with Gasteiger partial charge in [0.1, 0.15) is 5.52 Å². The van der Waals surface area contributed by atoms with E-state index < -0.39 is 0 Å². The molecule has 0 bridgehead atoms. The first-order chi connectivity index (χ1) is 12.2. The molecule has 0 unspecified atom stereocenters. The summed E-state index contributed by atoms with van der Waals surface area (Å²) in [5.74, 6) is 1.45. The molecule has 4 N–H and O–H groups in total. The first-order valence-corrected chi connectivity index (χ1v) is 8.37. The molecule has 7 heteroatoms. The van der Waals surface area contributed by atoms with Crippen molar-refractivity contribution < 1.29 is 9.84 Å². The molecule has 2 aromatic heterocycles. The highest BCUT2D eigenvalue weighted by atomic mass is 16.5. The molecule has 0 saturated carbocycles. The number of rotatable bonds is 3. The van der Waals surface area contributed by atoms with Crippen LogP contribution in [0.2, 0.25) is 0 Å². The van der Waals surface area contributed by atoms with Gasteiger partial charge in [0.25, 0.3) is 0 Å². The van der Waals surface area contributed by atoms with Crippen molar-refractivity contribution in [1.82, 2.24) is 15.2 Å². The molecule has 3 heterocycles. The number of H-pyrrole nitrogens is 1. The zero-order chi connectivity index (χ0) is 17.4. The Labute approximate surface area is 145 Å². The molecule has 1 fully saturated rings. The Kier molecular flexibility index (Phi) is 3.93. The van der Waals surface area contributed by atoms with Crippen LogP contribution >= 0.6 is 0 Å². The lowest BCUT2D eigenvalue weighted by molar-refractivity contribution is 0.373. The zero-order valence-corrected chi connectivity index (χ0v) is 14.1. The quantitative estimate of drug-likeness (QED) is 0.677. The van der Waals surface area contributed by atoms with Gasteiger partial charge in [-0.25, -0.2) is 4.98 Å². The maximum Gasteiger partial charge on any atom is 0.160 e. The summed E-state index contributed by atoms with van der Waals surface area (Å²) in [6.07, 6.45) is 5.56. The Morgan fingerprint density at radius 3 is 2.80 bits per heavy atom. The van der Waals surface area contributed by atoms with E-state index in [4.69, 9.17) is 10.5 Å². The minimum absolute atomic E-state index is 0.103. The predicted molar refractivity (Wildman–Crippen MR) is 97.0 cm³/mol. The van der Waals surface area contributed by atoms with E-state index in [2.05, 4.69) is 20.1 Å². The molecule has 1 saturated heterocycles. The summed E-state index contributed by atoms with van der Waals surface area (Å²) in [6, 6.07) is 5.61. The zero-order valence-electron chi connectivity index (χ0n) is 14.1. The number of ether oxygens (including phenoxy) is 1. The van der Waals surface area contributed by atoms with Gasteiger partial charge in [-0.1, -0.05) is 6.07 Å². The van der Waals surface area contributed by atoms with E-state index in [1.165, 1.54) is 7.11 Å². The number of piperidine rings is 1. The molecular weight excluding hydrogens is 318 g/mol. The number of methoxy groups -OCH3 is 1. The van der Waals surface area contributed by atoms with Crippen molar-refractivity contribution in [3.8, 4) is 22.6 Å². The van der Waals surface area contributed by atoms with Crippen molar-refractivity contribution in [3.05, 3.63) is 30.6 Å². The van der Waals surface area contributed by atoms with Crippen LogP contribution in [0.4, 0.5) is 5.82 Å². The second-order valence-electron chi connectivity index (χ2n) is 6.37. The maximum absolute atomic E-state index is 10.1. The number of pyridine rings is 1. The van der Waals surface area contributed by atoms with Crippen molar-refractivity contribution in [3.63, 3.8) is 0 Å². The summed E-state index contributed by atoms with van der Waals surface area (Å²) in [7, 11) is 1.53. The van der Waals surface area contributed by atoms with Gasteiger partial charge in [0.15, 0.2) is 17.3 Å². The third-order valence-electron chi connectivity index (χ3n) is 4.80. The smallest absolute Gasteiger partial charge is 0.160 e. The molecule has 0 aliphatic carbocycles. The number of aromatic nitrogens is 3. The van der Waals surface area contributed by atoms with E-state index in [0.717, 1.165) is 53.8 Å². The van der Waals surface area contributed by atoms with Gasteiger partial charge in [0, 0.05) is 36.3 Å². The van der Waals surface area contributed by atoms with Crippen LogP contribution < -0.4 is 15.4 Å². The summed E-state index contributed by atoms with van der Waals surface area (Å²) in [5.41, 5.74) is 8.69. The number of phenols is 1. The molecule has 3 aromatic rings. The van der Waals surface area contributed by atoms with Crippen LogP contribution in [-0.2, 0) is 0 Å². The van der Waals surface area contributed by atoms with Crippen LogP contribution in [0.15, 0.2) is 30.6 Å². The fourth-order valence-electron chi connectivity index (χ4n) is 3.36. The lowest BCUT2D eigenvalue weighted by Crippen LogP contribution is -2.40.